The number of likely N-dealkylation sites (tertiary alicyclic amines) is 1. The molecule has 4 nitrogen and oxygen atoms in total. The van der Waals surface area contributed by atoms with Gasteiger partial charge < -0.3 is 15.2 Å². The summed E-state index contributed by atoms with van der Waals surface area (Å²) in [5.74, 6) is 1.24. The van der Waals surface area contributed by atoms with E-state index in [0.29, 0.717) is 6.04 Å². The molecule has 3 heterocycles. The molecule has 0 radical (unpaired) electrons. The van der Waals surface area contributed by atoms with Crippen molar-refractivity contribution in [3.63, 3.8) is 0 Å². The molecule has 0 bridgehead atoms. The minimum absolute atomic E-state index is 0.322. The van der Waals surface area contributed by atoms with Crippen molar-refractivity contribution in [2.75, 3.05) is 19.6 Å². The molecule has 1 fully saturated rings. The van der Waals surface area contributed by atoms with Gasteiger partial charge in [-0.05, 0) is 32.4 Å². The van der Waals surface area contributed by atoms with Crippen LogP contribution in [0, 0.1) is 0 Å². The van der Waals surface area contributed by atoms with Crippen molar-refractivity contribution in [3.8, 4) is 0 Å². The molecule has 3 rings (SSSR count). The molecule has 1 atom stereocenters. The number of fused-ring (bicyclic) bond motifs is 1. The van der Waals surface area contributed by atoms with E-state index >= 15 is 0 Å². The van der Waals surface area contributed by atoms with Gasteiger partial charge in [0.15, 0.2) is 0 Å². The van der Waals surface area contributed by atoms with Crippen LogP contribution in [0.4, 0.5) is 0 Å². The van der Waals surface area contributed by atoms with Crippen LogP contribution < -0.4 is 5.73 Å². The lowest BCUT2D eigenvalue weighted by molar-refractivity contribution is 0.342. The Morgan fingerprint density at radius 1 is 1.35 bits per heavy atom. The van der Waals surface area contributed by atoms with Gasteiger partial charge in [0, 0.05) is 38.2 Å². The van der Waals surface area contributed by atoms with Gasteiger partial charge in [0.25, 0.3) is 0 Å². The zero-order valence-corrected chi connectivity index (χ0v) is 10.4. The van der Waals surface area contributed by atoms with Crippen LogP contribution in [0.1, 0.15) is 30.8 Å². The summed E-state index contributed by atoms with van der Waals surface area (Å²) >= 11 is 0. The third-order valence-electron chi connectivity index (χ3n) is 3.96. The molecule has 0 aliphatic carbocycles. The number of aryl methyl sites for hydroxylation is 1. The molecule has 1 aromatic heterocycles. The molecular formula is C13H22N4. The quantitative estimate of drug-likeness (QED) is 0.841. The fourth-order valence-electron chi connectivity index (χ4n) is 2.93. The van der Waals surface area contributed by atoms with Gasteiger partial charge in [0.2, 0.25) is 0 Å². The van der Waals surface area contributed by atoms with Crippen molar-refractivity contribution in [1.82, 2.24) is 14.5 Å². The van der Waals surface area contributed by atoms with Crippen molar-refractivity contribution in [1.29, 1.82) is 0 Å². The van der Waals surface area contributed by atoms with Crippen molar-refractivity contribution < 1.29 is 0 Å². The second-order valence-electron chi connectivity index (χ2n) is 5.40. The first-order chi connectivity index (χ1) is 8.31. The maximum atomic E-state index is 5.98. The Morgan fingerprint density at radius 2 is 2.18 bits per heavy atom. The minimum atomic E-state index is 0.322. The molecule has 1 saturated heterocycles. The molecule has 1 unspecified atom stereocenters. The first-order valence-electron chi connectivity index (χ1n) is 6.84. The van der Waals surface area contributed by atoms with E-state index < -0.39 is 0 Å². The molecule has 0 saturated carbocycles. The SMILES string of the molecule is NC1CCc2nc(CCN3CCCC3)cn2C1. The Bertz CT molecular complexity index is 379. The molecule has 0 spiro atoms. The summed E-state index contributed by atoms with van der Waals surface area (Å²) in [6.07, 6.45) is 8.18. The van der Waals surface area contributed by atoms with Crippen LogP contribution in [0.15, 0.2) is 6.20 Å². The Kier molecular flexibility index (Phi) is 3.16. The van der Waals surface area contributed by atoms with Gasteiger partial charge in [0.1, 0.15) is 5.82 Å². The summed E-state index contributed by atoms with van der Waals surface area (Å²) in [4.78, 5) is 7.27. The summed E-state index contributed by atoms with van der Waals surface area (Å²) in [6.45, 7) is 4.67. The Morgan fingerprint density at radius 3 is 3.00 bits per heavy atom. The van der Waals surface area contributed by atoms with E-state index in [2.05, 4.69) is 15.7 Å². The molecule has 94 valence electrons. The standard InChI is InChI=1S/C13H22N4/c14-11-3-4-13-15-12(10-17(13)9-11)5-8-16-6-1-2-7-16/h10-11H,1-9,14H2. The second-order valence-corrected chi connectivity index (χ2v) is 5.40. The van der Waals surface area contributed by atoms with E-state index in [9.17, 15) is 0 Å². The third kappa shape index (κ3) is 2.53. The molecule has 2 aliphatic heterocycles. The third-order valence-corrected chi connectivity index (χ3v) is 3.96. The summed E-state index contributed by atoms with van der Waals surface area (Å²) in [5, 5.41) is 0. The summed E-state index contributed by atoms with van der Waals surface area (Å²) in [6, 6.07) is 0.322. The lowest BCUT2D eigenvalue weighted by atomic mass is 10.1. The topological polar surface area (TPSA) is 47.1 Å². The highest BCUT2D eigenvalue weighted by molar-refractivity contribution is 5.08. The van der Waals surface area contributed by atoms with E-state index in [-0.39, 0.29) is 0 Å². The first kappa shape index (κ1) is 11.2. The maximum Gasteiger partial charge on any atom is 0.109 e. The van der Waals surface area contributed by atoms with Crippen LogP contribution >= 0.6 is 0 Å². The number of aromatic nitrogens is 2. The smallest absolute Gasteiger partial charge is 0.109 e. The van der Waals surface area contributed by atoms with Gasteiger partial charge in [-0.15, -0.1) is 0 Å². The fourth-order valence-corrected chi connectivity index (χ4v) is 2.93. The van der Waals surface area contributed by atoms with Crippen LogP contribution in [0.25, 0.3) is 0 Å². The number of hydrogen-bond donors (Lipinski definition) is 1. The van der Waals surface area contributed by atoms with Gasteiger partial charge in [-0.2, -0.15) is 0 Å². The van der Waals surface area contributed by atoms with E-state index in [1.807, 2.05) is 0 Å². The van der Waals surface area contributed by atoms with Gasteiger partial charge in [0.05, 0.1) is 5.69 Å². The molecule has 2 aliphatic rings. The lowest BCUT2D eigenvalue weighted by Gasteiger charge is -2.19. The van der Waals surface area contributed by atoms with E-state index in [1.54, 1.807) is 0 Å². The fraction of sp³-hybridized carbons (Fsp3) is 0.769. The predicted molar refractivity (Wildman–Crippen MR) is 67.9 cm³/mol. The largest absolute Gasteiger partial charge is 0.333 e. The second kappa shape index (κ2) is 4.78. The van der Waals surface area contributed by atoms with E-state index in [0.717, 1.165) is 25.8 Å². The normalized spacial score (nSPS) is 25.1. The van der Waals surface area contributed by atoms with E-state index in [4.69, 9.17) is 10.7 Å². The maximum absolute atomic E-state index is 5.98. The average molecular weight is 234 g/mol. The number of rotatable bonds is 3. The number of imidazole rings is 1. The highest BCUT2D eigenvalue weighted by Gasteiger charge is 2.18. The molecule has 1 aromatic rings. The molecule has 17 heavy (non-hydrogen) atoms. The summed E-state index contributed by atoms with van der Waals surface area (Å²) in [7, 11) is 0. The van der Waals surface area contributed by atoms with Crippen molar-refractivity contribution in [3.05, 3.63) is 17.7 Å². The average Bonchev–Trinajstić information content (AvgIpc) is 2.94. The van der Waals surface area contributed by atoms with Crippen LogP contribution in [0.5, 0.6) is 0 Å². The lowest BCUT2D eigenvalue weighted by Crippen LogP contribution is -2.31. The zero-order valence-electron chi connectivity index (χ0n) is 10.4. The highest BCUT2D eigenvalue weighted by Crippen LogP contribution is 2.15. The van der Waals surface area contributed by atoms with Crippen molar-refractivity contribution >= 4 is 0 Å². The Labute approximate surface area is 103 Å². The van der Waals surface area contributed by atoms with Gasteiger partial charge in [-0.3, -0.25) is 0 Å². The molecule has 0 aromatic carbocycles. The number of nitrogens with zero attached hydrogens (tertiary/aromatic N) is 3. The number of nitrogens with two attached hydrogens (primary N) is 1. The van der Waals surface area contributed by atoms with Crippen LogP contribution in [0.3, 0.4) is 0 Å². The Balaban J connectivity index is 1.60. The molecule has 4 heteroatoms. The van der Waals surface area contributed by atoms with Crippen molar-refractivity contribution in [2.24, 2.45) is 5.73 Å². The molecule has 2 N–H and O–H groups in total. The Hall–Kier alpha value is -0.870. The zero-order chi connectivity index (χ0) is 11.7. The van der Waals surface area contributed by atoms with Crippen LogP contribution in [0.2, 0.25) is 0 Å². The summed E-state index contributed by atoms with van der Waals surface area (Å²) < 4.78 is 2.26. The van der Waals surface area contributed by atoms with Crippen LogP contribution in [-0.2, 0) is 19.4 Å². The highest BCUT2D eigenvalue weighted by atomic mass is 15.1. The molecule has 0 amide bonds. The minimum Gasteiger partial charge on any atom is -0.333 e. The van der Waals surface area contributed by atoms with E-state index in [1.165, 1.54) is 44.0 Å². The first-order valence-corrected chi connectivity index (χ1v) is 6.84. The monoisotopic (exact) mass is 234 g/mol. The molecular weight excluding hydrogens is 212 g/mol. The predicted octanol–water partition coefficient (Wildman–Crippen LogP) is 0.795. The van der Waals surface area contributed by atoms with Gasteiger partial charge in [-0.1, -0.05) is 0 Å². The number of hydrogen-bond acceptors (Lipinski definition) is 3. The van der Waals surface area contributed by atoms with Crippen molar-refractivity contribution in [2.45, 2.75) is 44.7 Å². The van der Waals surface area contributed by atoms with Crippen LogP contribution in [-0.4, -0.2) is 40.1 Å². The summed E-state index contributed by atoms with van der Waals surface area (Å²) in [5.41, 5.74) is 7.23. The van der Waals surface area contributed by atoms with Gasteiger partial charge >= 0.3 is 0 Å². The van der Waals surface area contributed by atoms with Gasteiger partial charge in [-0.25, -0.2) is 4.98 Å².